The third kappa shape index (κ3) is 2.92. The van der Waals surface area contributed by atoms with Crippen LogP contribution in [0.3, 0.4) is 0 Å². The molecule has 2 nitrogen and oxygen atoms in total. The molecule has 1 aliphatic rings. The zero-order valence-corrected chi connectivity index (χ0v) is 10.9. The lowest BCUT2D eigenvalue weighted by atomic mass is 10.0. The van der Waals surface area contributed by atoms with Gasteiger partial charge >= 0.3 is 0 Å². The Labute approximate surface area is 108 Å². The van der Waals surface area contributed by atoms with Crippen LogP contribution >= 0.6 is 11.6 Å². The molecule has 0 saturated carbocycles. The van der Waals surface area contributed by atoms with Crippen molar-refractivity contribution in [3.05, 3.63) is 28.8 Å². The molecule has 1 aromatic carbocycles. The van der Waals surface area contributed by atoms with E-state index in [2.05, 4.69) is 17.9 Å². The normalized spacial score (nSPS) is 20.8. The van der Waals surface area contributed by atoms with E-state index in [-0.39, 0.29) is 0 Å². The summed E-state index contributed by atoms with van der Waals surface area (Å²) in [7, 11) is 0. The third-order valence-electron chi connectivity index (χ3n) is 3.43. The Morgan fingerprint density at radius 3 is 2.88 bits per heavy atom. The number of hydrogen-bond donors (Lipinski definition) is 0. The fourth-order valence-electron chi connectivity index (χ4n) is 2.34. The highest BCUT2D eigenvalue weighted by Crippen LogP contribution is 2.29. The Bertz CT molecular complexity index is 436. The van der Waals surface area contributed by atoms with Crippen molar-refractivity contribution >= 4 is 17.3 Å². The molecule has 17 heavy (non-hydrogen) atoms. The lowest BCUT2D eigenvalue weighted by molar-refractivity contribution is 0.521. The standard InChI is InChI=1S/C14H17ClN2/c1-11-3-2-7-17(8-6-11)14-5-4-12(10-16)9-13(14)15/h4-5,9,11H,2-3,6-8H2,1H3. The molecule has 0 spiro atoms. The van der Waals surface area contributed by atoms with Gasteiger partial charge < -0.3 is 4.90 Å². The van der Waals surface area contributed by atoms with Gasteiger partial charge in [-0.25, -0.2) is 0 Å². The average molecular weight is 249 g/mol. The van der Waals surface area contributed by atoms with Gasteiger partial charge in [0, 0.05) is 13.1 Å². The predicted molar refractivity (Wildman–Crippen MR) is 71.4 cm³/mol. The van der Waals surface area contributed by atoms with Gasteiger partial charge in [-0.1, -0.05) is 18.5 Å². The third-order valence-corrected chi connectivity index (χ3v) is 3.74. The molecule has 0 aliphatic carbocycles. The summed E-state index contributed by atoms with van der Waals surface area (Å²) in [6.45, 7) is 4.44. The zero-order valence-electron chi connectivity index (χ0n) is 10.1. The molecule has 90 valence electrons. The Kier molecular flexibility index (Phi) is 3.91. The predicted octanol–water partition coefficient (Wildman–Crippen LogP) is 3.84. The van der Waals surface area contributed by atoms with E-state index in [4.69, 9.17) is 16.9 Å². The first-order valence-electron chi connectivity index (χ1n) is 6.15. The largest absolute Gasteiger partial charge is 0.370 e. The van der Waals surface area contributed by atoms with Crippen LogP contribution in [0.4, 0.5) is 5.69 Å². The van der Waals surface area contributed by atoms with Crippen LogP contribution in [-0.4, -0.2) is 13.1 Å². The van der Waals surface area contributed by atoms with Gasteiger partial charge in [-0.05, 0) is 43.4 Å². The fraction of sp³-hybridized carbons (Fsp3) is 0.500. The Balaban J connectivity index is 2.19. The van der Waals surface area contributed by atoms with Crippen molar-refractivity contribution < 1.29 is 0 Å². The monoisotopic (exact) mass is 248 g/mol. The maximum absolute atomic E-state index is 8.82. The van der Waals surface area contributed by atoms with Crippen molar-refractivity contribution in [3.8, 4) is 6.07 Å². The molecule has 0 radical (unpaired) electrons. The number of benzene rings is 1. The summed E-state index contributed by atoms with van der Waals surface area (Å²) in [4.78, 5) is 2.34. The summed E-state index contributed by atoms with van der Waals surface area (Å²) in [5, 5.41) is 9.51. The first-order chi connectivity index (χ1) is 8.20. The SMILES string of the molecule is CC1CCCN(c2ccc(C#N)cc2Cl)CC1. The van der Waals surface area contributed by atoms with E-state index in [1.54, 1.807) is 6.07 Å². The quantitative estimate of drug-likeness (QED) is 0.755. The summed E-state index contributed by atoms with van der Waals surface area (Å²) in [5.74, 6) is 0.803. The van der Waals surface area contributed by atoms with Crippen molar-refractivity contribution in [1.29, 1.82) is 5.26 Å². The van der Waals surface area contributed by atoms with E-state index < -0.39 is 0 Å². The molecular formula is C14H17ClN2. The summed E-state index contributed by atoms with van der Waals surface area (Å²) in [5.41, 5.74) is 1.70. The average Bonchev–Trinajstić information content (AvgIpc) is 2.54. The summed E-state index contributed by atoms with van der Waals surface area (Å²) in [6, 6.07) is 7.68. The summed E-state index contributed by atoms with van der Waals surface area (Å²) in [6.07, 6.45) is 3.73. The maximum Gasteiger partial charge on any atom is 0.0992 e. The van der Waals surface area contributed by atoms with Crippen molar-refractivity contribution in [2.24, 2.45) is 5.92 Å². The Morgan fingerprint density at radius 1 is 1.35 bits per heavy atom. The van der Waals surface area contributed by atoms with Gasteiger partial charge in [-0.15, -0.1) is 0 Å². The molecule has 0 amide bonds. The van der Waals surface area contributed by atoms with Gasteiger partial charge in [0.1, 0.15) is 0 Å². The van der Waals surface area contributed by atoms with Crippen molar-refractivity contribution in [2.45, 2.75) is 26.2 Å². The van der Waals surface area contributed by atoms with E-state index >= 15 is 0 Å². The van der Waals surface area contributed by atoms with Gasteiger partial charge in [0.2, 0.25) is 0 Å². The van der Waals surface area contributed by atoms with Crippen LogP contribution in [0, 0.1) is 17.2 Å². The molecule has 1 unspecified atom stereocenters. The molecule has 1 atom stereocenters. The van der Waals surface area contributed by atoms with Crippen LogP contribution < -0.4 is 4.90 Å². The van der Waals surface area contributed by atoms with Crippen molar-refractivity contribution in [3.63, 3.8) is 0 Å². The molecule has 1 fully saturated rings. The highest BCUT2D eigenvalue weighted by molar-refractivity contribution is 6.33. The number of halogens is 1. The number of nitriles is 1. The number of hydrogen-bond acceptors (Lipinski definition) is 2. The molecule has 0 N–H and O–H groups in total. The summed E-state index contributed by atoms with van der Waals surface area (Å²) >= 11 is 6.24. The molecule has 1 aromatic rings. The fourth-order valence-corrected chi connectivity index (χ4v) is 2.64. The number of anilines is 1. The van der Waals surface area contributed by atoms with Crippen LogP contribution in [0.1, 0.15) is 31.7 Å². The molecule has 2 rings (SSSR count). The molecule has 0 bridgehead atoms. The van der Waals surface area contributed by atoms with E-state index in [9.17, 15) is 0 Å². The molecule has 1 saturated heterocycles. The maximum atomic E-state index is 8.82. The van der Waals surface area contributed by atoms with Gasteiger partial charge in [0.15, 0.2) is 0 Å². The highest BCUT2D eigenvalue weighted by Gasteiger charge is 2.16. The second-order valence-electron chi connectivity index (χ2n) is 4.80. The minimum Gasteiger partial charge on any atom is -0.370 e. The van der Waals surface area contributed by atoms with Crippen LogP contribution in [0.15, 0.2) is 18.2 Å². The van der Waals surface area contributed by atoms with Gasteiger partial charge in [0.25, 0.3) is 0 Å². The van der Waals surface area contributed by atoms with Gasteiger partial charge in [0.05, 0.1) is 22.3 Å². The summed E-state index contributed by atoms with van der Waals surface area (Å²) < 4.78 is 0. The van der Waals surface area contributed by atoms with Crippen LogP contribution in [-0.2, 0) is 0 Å². The van der Waals surface area contributed by atoms with Gasteiger partial charge in [-0.2, -0.15) is 5.26 Å². The first kappa shape index (κ1) is 12.3. The lowest BCUT2D eigenvalue weighted by Gasteiger charge is -2.24. The van der Waals surface area contributed by atoms with E-state index in [1.807, 2.05) is 12.1 Å². The Morgan fingerprint density at radius 2 is 2.18 bits per heavy atom. The van der Waals surface area contributed by atoms with Crippen molar-refractivity contribution in [1.82, 2.24) is 0 Å². The van der Waals surface area contributed by atoms with Crippen LogP contribution in [0.2, 0.25) is 5.02 Å². The van der Waals surface area contributed by atoms with Crippen LogP contribution in [0.25, 0.3) is 0 Å². The minimum atomic E-state index is 0.627. The molecular weight excluding hydrogens is 232 g/mol. The smallest absolute Gasteiger partial charge is 0.0992 e. The molecule has 1 aliphatic heterocycles. The lowest BCUT2D eigenvalue weighted by Crippen LogP contribution is -2.24. The second-order valence-corrected chi connectivity index (χ2v) is 5.21. The molecule has 3 heteroatoms. The second kappa shape index (κ2) is 5.42. The number of nitrogens with zero attached hydrogens (tertiary/aromatic N) is 2. The zero-order chi connectivity index (χ0) is 12.3. The van der Waals surface area contributed by atoms with Crippen molar-refractivity contribution in [2.75, 3.05) is 18.0 Å². The first-order valence-corrected chi connectivity index (χ1v) is 6.53. The topological polar surface area (TPSA) is 27.0 Å². The minimum absolute atomic E-state index is 0.627. The molecule has 0 aromatic heterocycles. The van der Waals surface area contributed by atoms with E-state index in [0.717, 1.165) is 24.7 Å². The number of rotatable bonds is 1. The van der Waals surface area contributed by atoms with Gasteiger partial charge in [-0.3, -0.25) is 0 Å². The Hall–Kier alpha value is -1.20. The van der Waals surface area contributed by atoms with E-state index in [0.29, 0.717) is 10.6 Å². The highest BCUT2D eigenvalue weighted by atomic mass is 35.5. The molecule has 1 heterocycles. The van der Waals surface area contributed by atoms with E-state index in [1.165, 1.54) is 19.3 Å². The van der Waals surface area contributed by atoms with Crippen LogP contribution in [0.5, 0.6) is 0 Å².